The van der Waals surface area contributed by atoms with Crippen LogP contribution >= 0.6 is 0 Å². The van der Waals surface area contributed by atoms with Crippen LogP contribution in [0.1, 0.15) is 0 Å². The molecule has 0 heterocycles. The Labute approximate surface area is 102 Å². The van der Waals surface area contributed by atoms with Gasteiger partial charge in [-0.2, -0.15) is 0 Å². The van der Waals surface area contributed by atoms with Crippen molar-refractivity contribution < 1.29 is 30.6 Å². The molecule has 0 radical (unpaired) electrons. The monoisotopic (exact) mass is 252 g/mol. The normalized spacial score (nSPS) is 9.33. The van der Waals surface area contributed by atoms with Gasteiger partial charge in [-0.25, -0.2) is 0 Å². The first-order valence-electron chi connectivity index (χ1n) is 4.83. The van der Waals surface area contributed by atoms with Gasteiger partial charge in [0.05, 0.1) is 0 Å². The molecule has 0 unspecified atom stereocenters. The van der Waals surface area contributed by atoms with Crippen LogP contribution in [0, 0.1) is 0 Å². The van der Waals surface area contributed by atoms with E-state index in [-0.39, 0.29) is 23.0 Å². The van der Waals surface area contributed by atoms with Gasteiger partial charge in [0.25, 0.3) is 0 Å². The van der Waals surface area contributed by atoms with E-state index in [1.807, 2.05) is 0 Å². The van der Waals surface area contributed by atoms with E-state index in [4.69, 9.17) is 30.6 Å². The van der Waals surface area contributed by atoms with Crippen molar-refractivity contribution in [3.8, 4) is 34.5 Å². The smallest absolute Gasteiger partial charge is 0.200 e. The van der Waals surface area contributed by atoms with Crippen LogP contribution in [0.4, 0.5) is 0 Å². The molecule has 96 valence electrons. The maximum Gasteiger partial charge on any atom is 0.200 e. The zero-order valence-corrected chi connectivity index (χ0v) is 9.15. The van der Waals surface area contributed by atoms with E-state index >= 15 is 0 Å². The second kappa shape index (κ2) is 5.53. The fraction of sp³-hybridized carbons (Fsp3) is 0. The zero-order valence-electron chi connectivity index (χ0n) is 9.15. The summed E-state index contributed by atoms with van der Waals surface area (Å²) in [7, 11) is 0. The molecule has 0 atom stereocenters. The summed E-state index contributed by atoms with van der Waals surface area (Å²) in [5.41, 5.74) is 0. The Hall–Kier alpha value is -2.76. The summed E-state index contributed by atoms with van der Waals surface area (Å²) < 4.78 is 0. The minimum atomic E-state index is -0.475. The van der Waals surface area contributed by atoms with Crippen LogP contribution in [0.15, 0.2) is 36.4 Å². The summed E-state index contributed by atoms with van der Waals surface area (Å²) in [6, 6.07) is 8.02. The lowest BCUT2D eigenvalue weighted by Crippen LogP contribution is -1.67. The highest BCUT2D eigenvalue weighted by molar-refractivity contribution is 5.48. The standard InChI is InChI=1S/2C6H6O3/c2*7-4-2-1-3-5(8)6(4)9/h2*1-3,7-9H. The molecule has 0 aliphatic heterocycles. The predicted molar refractivity (Wildman–Crippen MR) is 62.9 cm³/mol. The highest BCUT2D eigenvalue weighted by Gasteiger charge is 2.01. The second-order valence-electron chi connectivity index (χ2n) is 3.29. The van der Waals surface area contributed by atoms with Crippen molar-refractivity contribution in [3.05, 3.63) is 36.4 Å². The summed E-state index contributed by atoms with van der Waals surface area (Å²) in [4.78, 5) is 0. The number of benzene rings is 2. The lowest BCUT2D eigenvalue weighted by atomic mass is 10.3. The molecule has 0 saturated carbocycles. The second-order valence-corrected chi connectivity index (χ2v) is 3.29. The molecule has 2 aromatic rings. The Balaban J connectivity index is 0.000000180. The van der Waals surface area contributed by atoms with Gasteiger partial charge < -0.3 is 30.6 Å². The lowest BCUT2D eigenvalue weighted by Gasteiger charge is -1.96. The first-order chi connectivity index (χ1) is 8.43. The summed E-state index contributed by atoms with van der Waals surface area (Å²) in [6.45, 7) is 0. The number of hydrogen-bond donors (Lipinski definition) is 6. The fourth-order valence-corrected chi connectivity index (χ4v) is 1.04. The maximum atomic E-state index is 8.71. The Morgan fingerprint density at radius 1 is 0.444 bits per heavy atom. The molecule has 6 heteroatoms. The summed E-state index contributed by atoms with van der Waals surface area (Å²) in [5, 5.41) is 52.2. The van der Waals surface area contributed by atoms with Crippen LogP contribution in [0.25, 0.3) is 0 Å². The average Bonchev–Trinajstić information content (AvgIpc) is 2.34. The molecule has 2 aromatic carbocycles. The third kappa shape index (κ3) is 3.11. The van der Waals surface area contributed by atoms with Crippen molar-refractivity contribution in [2.45, 2.75) is 0 Å². The molecule has 18 heavy (non-hydrogen) atoms. The SMILES string of the molecule is Oc1cccc(O)c1O.Oc1cccc(O)c1O. The van der Waals surface area contributed by atoms with Crippen molar-refractivity contribution in [3.63, 3.8) is 0 Å². The quantitative estimate of drug-likeness (QED) is 0.396. The molecular weight excluding hydrogens is 240 g/mol. The minimum absolute atomic E-state index is 0.310. The van der Waals surface area contributed by atoms with E-state index < -0.39 is 11.5 Å². The largest absolute Gasteiger partial charge is 0.504 e. The van der Waals surface area contributed by atoms with Gasteiger partial charge in [0.1, 0.15) is 0 Å². The van der Waals surface area contributed by atoms with Crippen molar-refractivity contribution in [1.29, 1.82) is 0 Å². The van der Waals surface area contributed by atoms with Gasteiger partial charge in [0.2, 0.25) is 0 Å². The van der Waals surface area contributed by atoms with Crippen molar-refractivity contribution in [2.24, 2.45) is 0 Å². The van der Waals surface area contributed by atoms with Crippen LogP contribution in [0.5, 0.6) is 34.5 Å². The highest BCUT2D eigenvalue weighted by Crippen LogP contribution is 2.33. The molecule has 6 nitrogen and oxygen atoms in total. The van der Waals surface area contributed by atoms with E-state index in [0.29, 0.717) is 0 Å². The lowest BCUT2D eigenvalue weighted by molar-refractivity contribution is 0.368. The molecule has 0 fully saturated rings. The Bertz CT molecular complexity index is 448. The molecule has 0 saturated heterocycles. The number of rotatable bonds is 0. The van der Waals surface area contributed by atoms with Crippen LogP contribution in [-0.2, 0) is 0 Å². The van der Waals surface area contributed by atoms with Crippen LogP contribution in [0.2, 0.25) is 0 Å². The Morgan fingerprint density at radius 2 is 0.667 bits per heavy atom. The molecule has 0 aromatic heterocycles. The van der Waals surface area contributed by atoms with E-state index in [1.165, 1.54) is 36.4 Å². The summed E-state index contributed by atoms with van der Waals surface area (Å²) in [6.07, 6.45) is 0. The average molecular weight is 252 g/mol. The summed E-state index contributed by atoms with van der Waals surface area (Å²) in [5.74, 6) is -2.19. The van der Waals surface area contributed by atoms with Crippen LogP contribution in [-0.4, -0.2) is 30.6 Å². The van der Waals surface area contributed by atoms with Gasteiger partial charge in [-0.15, -0.1) is 0 Å². The number of phenols is 6. The van der Waals surface area contributed by atoms with Gasteiger partial charge in [-0.3, -0.25) is 0 Å². The van der Waals surface area contributed by atoms with E-state index in [0.717, 1.165) is 0 Å². The van der Waals surface area contributed by atoms with E-state index in [1.54, 1.807) is 0 Å². The number of aromatic hydroxyl groups is 6. The van der Waals surface area contributed by atoms with E-state index in [9.17, 15) is 0 Å². The van der Waals surface area contributed by atoms with Gasteiger partial charge in [-0.1, -0.05) is 12.1 Å². The molecule has 0 amide bonds. The van der Waals surface area contributed by atoms with Crippen LogP contribution < -0.4 is 0 Å². The Morgan fingerprint density at radius 3 is 0.833 bits per heavy atom. The molecule has 2 rings (SSSR count). The molecule has 0 aliphatic carbocycles. The van der Waals surface area contributed by atoms with Crippen molar-refractivity contribution >= 4 is 0 Å². The third-order valence-corrected chi connectivity index (χ3v) is 1.99. The number of phenolic OH excluding ortho intramolecular Hbond substituents is 6. The van der Waals surface area contributed by atoms with Crippen molar-refractivity contribution in [2.75, 3.05) is 0 Å². The molecule has 6 N–H and O–H groups in total. The third-order valence-electron chi connectivity index (χ3n) is 1.99. The fourth-order valence-electron chi connectivity index (χ4n) is 1.04. The first kappa shape index (κ1) is 13.3. The minimum Gasteiger partial charge on any atom is -0.504 e. The van der Waals surface area contributed by atoms with Crippen molar-refractivity contribution in [1.82, 2.24) is 0 Å². The molecule has 0 aliphatic rings. The molecular formula is C12H12O6. The highest BCUT2D eigenvalue weighted by atomic mass is 16.3. The van der Waals surface area contributed by atoms with Gasteiger partial charge in [0.15, 0.2) is 34.5 Å². The molecule has 0 bridgehead atoms. The zero-order chi connectivity index (χ0) is 13.7. The van der Waals surface area contributed by atoms with Gasteiger partial charge >= 0.3 is 0 Å². The predicted octanol–water partition coefficient (Wildman–Crippen LogP) is 1.61. The molecule has 0 spiro atoms. The first-order valence-corrected chi connectivity index (χ1v) is 4.83. The van der Waals surface area contributed by atoms with Crippen LogP contribution in [0.3, 0.4) is 0 Å². The summed E-state index contributed by atoms with van der Waals surface area (Å²) >= 11 is 0. The van der Waals surface area contributed by atoms with Gasteiger partial charge in [0, 0.05) is 0 Å². The number of hydrogen-bond acceptors (Lipinski definition) is 6. The van der Waals surface area contributed by atoms with Gasteiger partial charge in [-0.05, 0) is 24.3 Å². The van der Waals surface area contributed by atoms with E-state index in [2.05, 4.69) is 0 Å². The number of para-hydroxylation sites is 2. The topological polar surface area (TPSA) is 121 Å². The maximum absolute atomic E-state index is 8.71. The Kier molecular flexibility index (Phi) is 4.09.